The van der Waals surface area contributed by atoms with E-state index in [1.165, 1.54) is 6.20 Å². The van der Waals surface area contributed by atoms with Gasteiger partial charge in [0.15, 0.2) is 11.5 Å². The molecule has 4 rings (SSSR count). The fraction of sp³-hybridized carbons (Fsp3) is 0.0588. The predicted molar refractivity (Wildman–Crippen MR) is 100 cm³/mol. The number of benzene rings is 2. The van der Waals surface area contributed by atoms with Gasteiger partial charge in [-0.1, -0.05) is 12.1 Å². The van der Waals surface area contributed by atoms with Crippen molar-refractivity contribution in [2.45, 2.75) is 6.92 Å². The summed E-state index contributed by atoms with van der Waals surface area (Å²) >= 11 is 0. The Kier molecular flexibility index (Phi) is 5.02. The molecule has 4 aromatic rings. The molecule has 0 aliphatic carbocycles. The summed E-state index contributed by atoms with van der Waals surface area (Å²) in [5, 5.41) is 34.7. The summed E-state index contributed by atoms with van der Waals surface area (Å²) in [6.45, 7) is 1.49. The molecule has 0 aliphatic rings. The third kappa shape index (κ3) is 3.57. The van der Waals surface area contributed by atoms with Crippen molar-refractivity contribution in [2.75, 3.05) is 5.73 Å². The summed E-state index contributed by atoms with van der Waals surface area (Å²) in [6, 6.07) is 8.82. The molecule has 0 saturated carbocycles. The maximum Gasteiger partial charge on any atom is 0.488 e. The highest BCUT2D eigenvalue weighted by Crippen LogP contribution is 2.31. The molecule has 136 valence electrons. The Morgan fingerprint density at radius 1 is 1.19 bits per heavy atom. The largest absolute Gasteiger partial charge is 0.488 e. The Morgan fingerprint density at radius 2 is 1.93 bits per heavy atom. The number of aryl methyl sites for hydroxylation is 1. The number of anilines is 1. The van der Waals surface area contributed by atoms with Gasteiger partial charge in [0.25, 0.3) is 6.47 Å². The van der Waals surface area contributed by atoms with Gasteiger partial charge in [0.1, 0.15) is 5.52 Å². The lowest BCUT2D eigenvalue weighted by molar-refractivity contribution is -0.122. The molecule has 2 aromatic heterocycles. The summed E-state index contributed by atoms with van der Waals surface area (Å²) in [4.78, 5) is 12.6. The third-order valence-electron chi connectivity index (χ3n) is 3.90. The smallest absolute Gasteiger partial charge is 0.483 e. The zero-order valence-corrected chi connectivity index (χ0v) is 14.2. The van der Waals surface area contributed by atoms with Gasteiger partial charge in [-0.15, -0.1) is 0 Å². The number of hydrogen-bond acceptors (Lipinski definition) is 8. The van der Waals surface area contributed by atoms with E-state index in [4.69, 9.17) is 20.1 Å². The second-order valence-electron chi connectivity index (χ2n) is 5.66. The van der Waals surface area contributed by atoms with Gasteiger partial charge < -0.3 is 25.3 Å². The molecule has 0 bridgehead atoms. The Hall–Kier alpha value is -3.50. The number of aromatic nitrogens is 3. The second-order valence-corrected chi connectivity index (χ2v) is 5.66. The highest BCUT2D eigenvalue weighted by molar-refractivity contribution is 6.59. The first-order chi connectivity index (χ1) is 12.9. The maximum atomic E-state index is 9.53. The van der Waals surface area contributed by atoms with Crippen molar-refractivity contribution >= 4 is 46.7 Å². The van der Waals surface area contributed by atoms with Crippen LogP contribution in [0, 0.1) is 6.92 Å². The summed E-state index contributed by atoms with van der Waals surface area (Å²) in [7, 11) is -1.60. The number of oxazole rings is 1. The molecule has 0 amide bonds. The van der Waals surface area contributed by atoms with Crippen LogP contribution >= 0.6 is 0 Å². The number of hydrogen-bond donors (Lipinski definition) is 4. The number of rotatable bonds is 2. The molecule has 0 fully saturated rings. The van der Waals surface area contributed by atoms with Crippen LogP contribution in [0.4, 0.5) is 5.69 Å². The van der Waals surface area contributed by atoms with E-state index in [0.717, 1.165) is 10.9 Å². The quantitative estimate of drug-likeness (QED) is 0.296. The van der Waals surface area contributed by atoms with Crippen LogP contribution in [-0.4, -0.2) is 43.9 Å². The zero-order chi connectivity index (χ0) is 19.6. The number of nitrogens with two attached hydrogens (primary N) is 1. The summed E-state index contributed by atoms with van der Waals surface area (Å²) < 4.78 is 5.69. The summed E-state index contributed by atoms with van der Waals surface area (Å²) in [6.07, 6.45) is 1.50. The van der Waals surface area contributed by atoms with E-state index in [9.17, 15) is 10.0 Å². The molecular formula is C17H15BN4O5. The highest BCUT2D eigenvalue weighted by atomic mass is 16.4. The molecule has 5 N–H and O–H groups in total. The van der Waals surface area contributed by atoms with Gasteiger partial charge in [0.05, 0.1) is 17.4 Å². The molecule has 0 aliphatic heterocycles. The Labute approximate surface area is 153 Å². The van der Waals surface area contributed by atoms with Gasteiger partial charge in [0.2, 0.25) is 0 Å². The SMILES string of the molecule is Cc1nc2cc(B(O)O)cc(-c3ccc4c(N)cnnc4c3)c2o1.O=CO. The number of nitrogens with zero attached hydrogens (tertiary/aromatic N) is 3. The highest BCUT2D eigenvalue weighted by Gasteiger charge is 2.18. The Morgan fingerprint density at radius 3 is 2.63 bits per heavy atom. The molecule has 2 aromatic carbocycles. The Balaban J connectivity index is 0.000000659. The molecule has 9 nitrogen and oxygen atoms in total. The first-order valence-electron chi connectivity index (χ1n) is 7.81. The van der Waals surface area contributed by atoms with Gasteiger partial charge in [-0.2, -0.15) is 10.2 Å². The lowest BCUT2D eigenvalue weighted by atomic mass is 9.78. The number of carbonyl (C=O) groups is 1. The van der Waals surface area contributed by atoms with Crippen LogP contribution in [0.3, 0.4) is 0 Å². The van der Waals surface area contributed by atoms with Crippen molar-refractivity contribution in [3.8, 4) is 11.1 Å². The van der Waals surface area contributed by atoms with E-state index in [-0.39, 0.29) is 6.47 Å². The molecule has 2 heterocycles. The van der Waals surface area contributed by atoms with Gasteiger partial charge >= 0.3 is 7.12 Å². The molecule has 0 saturated heterocycles. The zero-order valence-electron chi connectivity index (χ0n) is 14.2. The van der Waals surface area contributed by atoms with Crippen LogP contribution in [0.25, 0.3) is 33.1 Å². The average molecular weight is 366 g/mol. The van der Waals surface area contributed by atoms with Crippen LogP contribution in [0.5, 0.6) is 0 Å². The van der Waals surface area contributed by atoms with Crippen molar-refractivity contribution in [3.05, 3.63) is 42.4 Å². The van der Waals surface area contributed by atoms with Crippen molar-refractivity contribution in [1.82, 2.24) is 15.2 Å². The van der Waals surface area contributed by atoms with Gasteiger partial charge in [-0.05, 0) is 29.2 Å². The van der Waals surface area contributed by atoms with Gasteiger partial charge in [0, 0.05) is 17.9 Å². The lowest BCUT2D eigenvalue weighted by Crippen LogP contribution is -2.29. The summed E-state index contributed by atoms with van der Waals surface area (Å²) in [5.74, 6) is 0.501. The van der Waals surface area contributed by atoms with E-state index < -0.39 is 7.12 Å². The standard InChI is InChI=1S/C16H13BN4O3.CH2O2/c1-8-20-15-6-10(17(22)23)5-12(16(15)24-8)9-2-3-11-13(18)7-19-21-14(11)4-9;2-1-3/h2-7,22-23H,1H3,(H2,18,21);1H,(H,2,3). The number of carboxylic acid groups (broad SMARTS) is 1. The molecule has 27 heavy (non-hydrogen) atoms. The van der Waals surface area contributed by atoms with E-state index >= 15 is 0 Å². The van der Waals surface area contributed by atoms with Crippen molar-refractivity contribution in [1.29, 1.82) is 0 Å². The third-order valence-corrected chi connectivity index (χ3v) is 3.90. The minimum atomic E-state index is -1.60. The molecule has 0 atom stereocenters. The van der Waals surface area contributed by atoms with E-state index in [1.54, 1.807) is 19.1 Å². The number of nitrogen functional groups attached to an aromatic ring is 1. The number of fused-ring (bicyclic) bond motifs is 2. The maximum absolute atomic E-state index is 9.53. The fourth-order valence-corrected chi connectivity index (χ4v) is 2.78. The summed E-state index contributed by atoms with van der Waals surface area (Å²) in [5.41, 5.74) is 10.1. The van der Waals surface area contributed by atoms with Crippen LogP contribution in [0.1, 0.15) is 5.89 Å². The van der Waals surface area contributed by atoms with Crippen molar-refractivity contribution < 1.29 is 24.4 Å². The minimum Gasteiger partial charge on any atom is -0.483 e. The van der Waals surface area contributed by atoms with Crippen LogP contribution < -0.4 is 11.2 Å². The monoisotopic (exact) mass is 366 g/mol. The predicted octanol–water partition coefficient (Wildman–Crippen LogP) is 0.709. The topological polar surface area (TPSA) is 156 Å². The molecule has 0 unspecified atom stereocenters. The van der Waals surface area contributed by atoms with E-state index in [0.29, 0.717) is 39.2 Å². The molecule has 0 radical (unpaired) electrons. The first-order valence-corrected chi connectivity index (χ1v) is 7.81. The van der Waals surface area contributed by atoms with Crippen LogP contribution in [-0.2, 0) is 4.79 Å². The lowest BCUT2D eigenvalue weighted by Gasteiger charge is -2.07. The normalized spacial score (nSPS) is 10.5. The van der Waals surface area contributed by atoms with Crippen molar-refractivity contribution in [3.63, 3.8) is 0 Å². The molecular weight excluding hydrogens is 351 g/mol. The van der Waals surface area contributed by atoms with Gasteiger partial charge in [-0.3, -0.25) is 4.79 Å². The molecule has 10 heteroatoms. The van der Waals surface area contributed by atoms with Crippen LogP contribution in [0.15, 0.2) is 40.9 Å². The van der Waals surface area contributed by atoms with E-state index in [1.807, 2.05) is 18.2 Å². The average Bonchev–Trinajstić information content (AvgIpc) is 3.01. The molecule has 0 spiro atoms. The van der Waals surface area contributed by atoms with Gasteiger partial charge in [-0.25, -0.2) is 4.98 Å². The first kappa shape index (κ1) is 18.3. The minimum absolute atomic E-state index is 0.250. The second kappa shape index (κ2) is 7.40. The Bertz CT molecular complexity index is 1130. The van der Waals surface area contributed by atoms with E-state index in [2.05, 4.69) is 15.2 Å². The van der Waals surface area contributed by atoms with Crippen LogP contribution in [0.2, 0.25) is 0 Å². The fourth-order valence-electron chi connectivity index (χ4n) is 2.78. The van der Waals surface area contributed by atoms with Crippen molar-refractivity contribution in [2.24, 2.45) is 0 Å².